The van der Waals surface area contributed by atoms with Gasteiger partial charge in [-0.3, -0.25) is 14.6 Å². The molecule has 1 aliphatic heterocycles. The minimum absolute atomic E-state index is 0.115. The summed E-state index contributed by atoms with van der Waals surface area (Å²) in [6, 6.07) is 1.13. The first-order chi connectivity index (χ1) is 9.95. The molecule has 1 aliphatic rings. The lowest BCUT2D eigenvalue weighted by Crippen LogP contribution is -2.46. The molecule has 6 nitrogen and oxygen atoms in total. The fraction of sp³-hybridized carbons (Fsp3) is 0.500. The molecule has 1 N–H and O–H groups in total. The van der Waals surface area contributed by atoms with Crippen LogP contribution >= 0.6 is 11.6 Å². The maximum absolute atomic E-state index is 12.6. The molecule has 114 valence electrons. The first kappa shape index (κ1) is 15.7. The molecule has 1 fully saturated rings. The number of carboxylic acid groups (broad SMARTS) is 1. The van der Waals surface area contributed by atoms with Gasteiger partial charge in [-0.1, -0.05) is 11.6 Å². The van der Waals surface area contributed by atoms with E-state index in [4.69, 9.17) is 16.3 Å². The zero-order chi connectivity index (χ0) is 15.6. The lowest BCUT2D eigenvalue weighted by atomic mass is 10.0. The number of carbonyl (C=O) groups is 2. The van der Waals surface area contributed by atoms with Gasteiger partial charge in [-0.05, 0) is 19.9 Å². The van der Waals surface area contributed by atoms with Crippen molar-refractivity contribution in [1.29, 1.82) is 0 Å². The molecule has 0 bridgehead atoms. The minimum atomic E-state index is -0.961. The first-order valence-corrected chi connectivity index (χ1v) is 7.07. The summed E-state index contributed by atoms with van der Waals surface area (Å²) in [4.78, 5) is 29.4. The number of amides is 1. The van der Waals surface area contributed by atoms with Gasteiger partial charge >= 0.3 is 5.97 Å². The summed E-state index contributed by atoms with van der Waals surface area (Å²) in [5.74, 6) is -2.00. The standard InChI is InChI=1S/C14H17ClN2O4/c1-3-17(12-7-21-6-10(12)14(19)20)13(18)9-5-16-8(2)4-11(9)15/h4-5,10,12H,3,6-7H2,1-2H3,(H,19,20). The molecule has 2 rings (SSSR count). The first-order valence-electron chi connectivity index (χ1n) is 6.69. The summed E-state index contributed by atoms with van der Waals surface area (Å²) in [5.41, 5.74) is 0.993. The number of pyridine rings is 1. The third-order valence-corrected chi connectivity index (χ3v) is 3.90. The second-order valence-electron chi connectivity index (χ2n) is 4.95. The van der Waals surface area contributed by atoms with Crippen molar-refractivity contribution in [1.82, 2.24) is 9.88 Å². The fourth-order valence-corrected chi connectivity index (χ4v) is 2.74. The van der Waals surface area contributed by atoms with Crippen LogP contribution < -0.4 is 0 Å². The van der Waals surface area contributed by atoms with E-state index >= 15 is 0 Å². The number of aryl methyl sites for hydroxylation is 1. The van der Waals surface area contributed by atoms with Gasteiger partial charge in [0.1, 0.15) is 5.92 Å². The second-order valence-corrected chi connectivity index (χ2v) is 5.35. The number of hydrogen-bond acceptors (Lipinski definition) is 4. The third-order valence-electron chi connectivity index (χ3n) is 3.59. The molecule has 7 heteroatoms. The minimum Gasteiger partial charge on any atom is -0.481 e. The van der Waals surface area contributed by atoms with Gasteiger partial charge in [-0.2, -0.15) is 0 Å². The molecule has 1 aromatic heterocycles. The zero-order valence-electron chi connectivity index (χ0n) is 11.9. The van der Waals surface area contributed by atoms with Crippen LogP contribution in [0, 0.1) is 12.8 Å². The largest absolute Gasteiger partial charge is 0.481 e. The molecule has 0 spiro atoms. The molecule has 0 saturated carbocycles. The smallest absolute Gasteiger partial charge is 0.311 e. The van der Waals surface area contributed by atoms with E-state index in [2.05, 4.69) is 4.98 Å². The predicted molar refractivity (Wildman–Crippen MR) is 76.4 cm³/mol. The summed E-state index contributed by atoms with van der Waals surface area (Å²) in [5, 5.41) is 9.53. The molecule has 2 unspecified atom stereocenters. The van der Waals surface area contributed by atoms with Gasteiger partial charge in [0, 0.05) is 18.4 Å². The number of aromatic nitrogens is 1. The van der Waals surface area contributed by atoms with E-state index in [-0.39, 0.29) is 24.7 Å². The number of ether oxygens (including phenoxy) is 1. The number of likely N-dealkylation sites (N-methyl/N-ethyl adjacent to an activating group) is 1. The predicted octanol–water partition coefficient (Wildman–Crippen LogP) is 1.61. The van der Waals surface area contributed by atoms with Crippen molar-refractivity contribution in [3.63, 3.8) is 0 Å². The molecule has 0 aromatic carbocycles. The summed E-state index contributed by atoms with van der Waals surface area (Å²) in [6.45, 7) is 4.28. The number of carboxylic acids is 1. The van der Waals surface area contributed by atoms with E-state index in [0.29, 0.717) is 17.3 Å². The van der Waals surface area contributed by atoms with Crippen molar-refractivity contribution < 1.29 is 19.4 Å². The Labute approximate surface area is 127 Å². The van der Waals surface area contributed by atoms with E-state index in [1.807, 2.05) is 0 Å². The summed E-state index contributed by atoms with van der Waals surface area (Å²) < 4.78 is 5.23. The van der Waals surface area contributed by atoms with Gasteiger partial charge in [-0.25, -0.2) is 0 Å². The van der Waals surface area contributed by atoms with Crippen LogP contribution in [0.2, 0.25) is 5.02 Å². The lowest BCUT2D eigenvalue weighted by Gasteiger charge is -2.29. The van der Waals surface area contributed by atoms with Crippen molar-refractivity contribution in [2.24, 2.45) is 5.92 Å². The van der Waals surface area contributed by atoms with Crippen molar-refractivity contribution in [2.45, 2.75) is 19.9 Å². The van der Waals surface area contributed by atoms with Gasteiger partial charge in [-0.15, -0.1) is 0 Å². The van der Waals surface area contributed by atoms with Crippen molar-refractivity contribution in [2.75, 3.05) is 19.8 Å². The molecule has 21 heavy (non-hydrogen) atoms. The topological polar surface area (TPSA) is 79.7 Å². The Hall–Kier alpha value is -1.66. The zero-order valence-corrected chi connectivity index (χ0v) is 12.6. The van der Waals surface area contributed by atoms with Crippen molar-refractivity contribution in [3.05, 3.63) is 28.5 Å². The summed E-state index contributed by atoms with van der Waals surface area (Å²) in [7, 11) is 0. The van der Waals surface area contributed by atoms with Gasteiger partial charge in [0.05, 0.1) is 29.8 Å². The SMILES string of the molecule is CCN(C(=O)c1cnc(C)cc1Cl)C1COCC1C(=O)O. The maximum atomic E-state index is 12.6. The Morgan fingerprint density at radius 3 is 2.81 bits per heavy atom. The van der Waals surface area contributed by atoms with E-state index in [1.165, 1.54) is 11.1 Å². The van der Waals surface area contributed by atoms with Crippen LogP contribution in [0.5, 0.6) is 0 Å². The normalized spacial score (nSPS) is 21.3. The third kappa shape index (κ3) is 3.16. The number of hydrogen-bond donors (Lipinski definition) is 1. The Morgan fingerprint density at radius 1 is 1.52 bits per heavy atom. The van der Waals surface area contributed by atoms with Crippen molar-refractivity contribution >= 4 is 23.5 Å². The highest BCUT2D eigenvalue weighted by molar-refractivity contribution is 6.33. The van der Waals surface area contributed by atoms with Gasteiger partial charge in [0.2, 0.25) is 0 Å². The van der Waals surface area contributed by atoms with Crippen LogP contribution in [0.15, 0.2) is 12.3 Å². The molecular weight excluding hydrogens is 296 g/mol. The Kier molecular flexibility index (Phi) is 4.80. The fourth-order valence-electron chi connectivity index (χ4n) is 2.45. The van der Waals surface area contributed by atoms with Crippen LogP contribution in [-0.2, 0) is 9.53 Å². The highest BCUT2D eigenvalue weighted by Gasteiger charge is 2.40. The van der Waals surface area contributed by atoms with Crippen LogP contribution in [0.1, 0.15) is 23.0 Å². The number of nitrogens with zero attached hydrogens (tertiary/aromatic N) is 2. The van der Waals surface area contributed by atoms with E-state index in [1.54, 1.807) is 19.9 Å². The Morgan fingerprint density at radius 2 is 2.24 bits per heavy atom. The second kappa shape index (κ2) is 6.41. The monoisotopic (exact) mass is 312 g/mol. The molecule has 2 atom stereocenters. The highest BCUT2D eigenvalue weighted by Crippen LogP contribution is 2.24. The number of carbonyl (C=O) groups excluding carboxylic acids is 1. The van der Waals surface area contributed by atoms with Crippen LogP contribution in [0.3, 0.4) is 0 Å². The Balaban J connectivity index is 2.28. The quantitative estimate of drug-likeness (QED) is 0.913. The average molecular weight is 313 g/mol. The van der Waals surface area contributed by atoms with Crippen LogP contribution in [0.25, 0.3) is 0 Å². The molecule has 1 saturated heterocycles. The molecular formula is C14H17ClN2O4. The van der Waals surface area contributed by atoms with E-state index in [9.17, 15) is 14.7 Å². The molecule has 1 aromatic rings. The molecule has 2 heterocycles. The number of halogens is 1. The lowest BCUT2D eigenvalue weighted by molar-refractivity contribution is -0.142. The highest BCUT2D eigenvalue weighted by atomic mass is 35.5. The summed E-state index contributed by atoms with van der Waals surface area (Å²) >= 11 is 6.10. The molecule has 0 radical (unpaired) electrons. The summed E-state index contributed by atoms with van der Waals surface area (Å²) in [6.07, 6.45) is 1.42. The number of aliphatic carboxylic acids is 1. The molecule has 0 aliphatic carbocycles. The van der Waals surface area contributed by atoms with E-state index in [0.717, 1.165) is 0 Å². The van der Waals surface area contributed by atoms with Gasteiger partial charge < -0.3 is 14.7 Å². The average Bonchev–Trinajstić information content (AvgIpc) is 2.88. The van der Waals surface area contributed by atoms with Crippen molar-refractivity contribution in [3.8, 4) is 0 Å². The molecule has 1 amide bonds. The Bertz CT molecular complexity index is 564. The number of rotatable bonds is 4. The van der Waals surface area contributed by atoms with Crippen LogP contribution in [0.4, 0.5) is 0 Å². The van der Waals surface area contributed by atoms with Crippen LogP contribution in [-0.4, -0.2) is 52.7 Å². The van der Waals surface area contributed by atoms with Gasteiger partial charge in [0.15, 0.2) is 0 Å². The van der Waals surface area contributed by atoms with E-state index < -0.39 is 17.9 Å². The van der Waals surface area contributed by atoms with Gasteiger partial charge in [0.25, 0.3) is 5.91 Å². The maximum Gasteiger partial charge on any atom is 0.311 e.